The number of benzene rings is 1. The summed E-state index contributed by atoms with van der Waals surface area (Å²) in [6, 6.07) is 3.88. The Hall–Kier alpha value is -2.74. The maximum absolute atomic E-state index is 12.8. The van der Waals surface area contributed by atoms with Crippen LogP contribution in [0, 0.1) is 13.8 Å². The molecular formula is C17H19ClN4O4. The van der Waals surface area contributed by atoms with Crippen LogP contribution in [0.5, 0.6) is 0 Å². The van der Waals surface area contributed by atoms with E-state index in [2.05, 4.69) is 20.4 Å². The number of anilines is 1. The van der Waals surface area contributed by atoms with Crippen LogP contribution < -0.4 is 5.32 Å². The van der Waals surface area contributed by atoms with Gasteiger partial charge in [0.05, 0.1) is 23.5 Å². The standard InChI is InChI=1S/C17H19ClN4O4/c1-5-13(23)15(22-10(3)14(20-21-22)17(25)26-4)16(24)19-12-8-9(2)6-7-11(12)18/h6-8,15H,5H2,1-4H3,(H,19,24). The highest BCUT2D eigenvalue weighted by atomic mass is 35.5. The van der Waals surface area contributed by atoms with Gasteiger partial charge in [-0.25, -0.2) is 9.48 Å². The molecule has 1 atom stereocenters. The van der Waals surface area contributed by atoms with E-state index in [0.717, 1.165) is 10.2 Å². The van der Waals surface area contributed by atoms with Crippen molar-refractivity contribution < 1.29 is 19.1 Å². The van der Waals surface area contributed by atoms with Crippen molar-refractivity contribution in [2.24, 2.45) is 0 Å². The number of hydrogen-bond donors (Lipinski definition) is 1. The number of carbonyl (C=O) groups is 3. The Morgan fingerprint density at radius 1 is 1.31 bits per heavy atom. The molecular weight excluding hydrogens is 360 g/mol. The van der Waals surface area contributed by atoms with Crippen molar-refractivity contribution in [3.8, 4) is 0 Å². The van der Waals surface area contributed by atoms with Gasteiger partial charge in [0.1, 0.15) is 0 Å². The maximum atomic E-state index is 12.8. The molecule has 2 rings (SSSR count). The zero-order chi connectivity index (χ0) is 19.4. The summed E-state index contributed by atoms with van der Waals surface area (Å²) in [7, 11) is 1.21. The third-order valence-electron chi connectivity index (χ3n) is 3.83. The van der Waals surface area contributed by atoms with E-state index in [1.54, 1.807) is 25.1 Å². The molecule has 0 bridgehead atoms. The third-order valence-corrected chi connectivity index (χ3v) is 4.16. The monoisotopic (exact) mass is 378 g/mol. The van der Waals surface area contributed by atoms with Crippen LogP contribution in [0.1, 0.15) is 41.1 Å². The predicted molar refractivity (Wildman–Crippen MR) is 95.3 cm³/mol. The van der Waals surface area contributed by atoms with Gasteiger partial charge >= 0.3 is 5.97 Å². The molecule has 0 spiro atoms. The van der Waals surface area contributed by atoms with Crippen molar-refractivity contribution in [2.75, 3.05) is 12.4 Å². The van der Waals surface area contributed by atoms with Crippen molar-refractivity contribution in [3.63, 3.8) is 0 Å². The lowest BCUT2D eigenvalue weighted by Gasteiger charge is -2.17. The van der Waals surface area contributed by atoms with Crippen molar-refractivity contribution in [1.29, 1.82) is 0 Å². The van der Waals surface area contributed by atoms with Gasteiger partial charge in [0.15, 0.2) is 17.5 Å². The summed E-state index contributed by atoms with van der Waals surface area (Å²) in [4.78, 5) is 36.9. The minimum Gasteiger partial charge on any atom is -0.464 e. The van der Waals surface area contributed by atoms with Crippen LogP contribution >= 0.6 is 11.6 Å². The van der Waals surface area contributed by atoms with Crippen molar-refractivity contribution in [3.05, 3.63) is 40.2 Å². The largest absolute Gasteiger partial charge is 0.464 e. The van der Waals surface area contributed by atoms with Crippen LogP contribution in [0.2, 0.25) is 5.02 Å². The molecule has 0 aliphatic heterocycles. The Balaban J connectivity index is 2.41. The second-order valence-electron chi connectivity index (χ2n) is 5.65. The van der Waals surface area contributed by atoms with E-state index in [-0.39, 0.29) is 23.6 Å². The number of nitrogens with zero attached hydrogens (tertiary/aromatic N) is 3. The van der Waals surface area contributed by atoms with Crippen LogP contribution in [-0.4, -0.2) is 39.8 Å². The Labute approximate surface area is 155 Å². The SMILES string of the molecule is CCC(=O)C(C(=O)Nc1cc(C)ccc1Cl)n1nnc(C(=O)OC)c1C. The molecule has 1 aromatic heterocycles. The molecule has 1 N–H and O–H groups in total. The lowest BCUT2D eigenvalue weighted by molar-refractivity contribution is -0.130. The lowest BCUT2D eigenvalue weighted by Crippen LogP contribution is -2.33. The molecule has 0 fully saturated rings. The number of methoxy groups -OCH3 is 1. The molecule has 0 aliphatic rings. The summed E-state index contributed by atoms with van der Waals surface area (Å²) < 4.78 is 5.75. The molecule has 138 valence electrons. The fraction of sp³-hybridized carbons (Fsp3) is 0.353. The summed E-state index contributed by atoms with van der Waals surface area (Å²) in [6.45, 7) is 5.02. The smallest absolute Gasteiger partial charge is 0.360 e. The quantitative estimate of drug-likeness (QED) is 0.611. The summed E-state index contributed by atoms with van der Waals surface area (Å²) in [5.41, 5.74) is 1.49. The number of aromatic nitrogens is 3. The first-order chi connectivity index (χ1) is 12.3. The number of amides is 1. The minimum absolute atomic E-state index is 0.0530. The lowest BCUT2D eigenvalue weighted by atomic mass is 10.1. The molecule has 1 unspecified atom stereocenters. The van der Waals surface area contributed by atoms with Gasteiger partial charge in [-0.15, -0.1) is 5.10 Å². The van der Waals surface area contributed by atoms with Crippen LogP contribution in [0.3, 0.4) is 0 Å². The number of ether oxygens (including phenoxy) is 1. The second kappa shape index (κ2) is 8.09. The summed E-state index contributed by atoms with van der Waals surface area (Å²) in [5, 5.41) is 10.5. The van der Waals surface area contributed by atoms with Gasteiger partial charge in [-0.3, -0.25) is 9.59 Å². The number of rotatable bonds is 6. The number of hydrogen-bond acceptors (Lipinski definition) is 6. The van der Waals surface area contributed by atoms with Crippen molar-refractivity contribution in [2.45, 2.75) is 33.2 Å². The van der Waals surface area contributed by atoms with Crippen molar-refractivity contribution >= 4 is 34.9 Å². The number of carbonyl (C=O) groups excluding carboxylic acids is 3. The predicted octanol–water partition coefficient (Wildman–Crippen LogP) is 2.49. The van der Waals surface area contributed by atoms with E-state index in [9.17, 15) is 14.4 Å². The van der Waals surface area contributed by atoms with Gasteiger partial charge in [-0.2, -0.15) is 0 Å². The molecule has 2 aromatic rings. The van der Waals surface area contributed by atoms with E-state index in [4.69, 9.17) is 11.6 Å². The van der Waals surface area contributed by atoms with E-state index >= 15 is 0 Å². The van der Waals surface area contributed by atoms with Crippen LogP contribution in [-0.2, 0) is 14.3 Å². The molecule has 1 amide bonds. The first-order valence-corrected chi connectivity index (χ1v) is 8.27. The highest BCUT2D eigenvalue weighted by Crippen LogP contribution is 2.25. The molecule has 0 saturated heterocycles. The van der Waals surface area contributed by atoms with Gasteiger partial charge in [-0.05, 0) is 31.5 Å². The van der Waals surface area contributed by atoms with E-state index in [0.29, 0.717) is 10.7 Å². The summed E-state index contributed by atoms with van der Waals surface area (Å²) >= 11 is 6.10. The molecule has 0 radical (unpaired) electrons. The molecule has 9 heteroatoms. The molecule has 26 heavy (non-hydrogen) atoms. The van der Waals surface area contributed by atoms with E-state index in [1.165, 1.54) is 14.0 Å². The first kappa shape index (κ1) is 19.6. The molecule has 8 nitrogen and oxygen atoms in total. The molecule has 0 aliphatic carbocycles. The number of esters is 1. The van der Waals surface area contributed by atoms with Crippen LogP contribution in [0.25, 0.3) is 0 Å². The topological polar surface area (TPSA) is 103 Å². The average Bonchev–Trinajstić information content (AvgIpc) is 2.98. The Morgan fingerprint density at radius 2 is 2.00 bits per heavy atom. The number of ketones is 1. The second-order valence-corrected chi connectivity index (χ2v) is 6.06. The maximum Gasteiger partial charge on any atom is 0.360 e. The van der Waals surface area contributed by atoms with Gasteiger partial charge < -0.3 is 10.1 Å². The number of nitrogens with one attached hydrogen (secondary N) is 1. The summed E-state index contributed by atoms with van der Waals surface area (Å²) in [5.74, 6) is -1.69. The summed E-state index contributed by atoms with van der Waals surface area (Å²) in [6.07, 6.45) is 0.104. The number of aryl methyl sites for hydroxylation is 1. The fourth-order valence-electron chi connectivity index (χ4n) is 2.39. The Bertz CT molecular complexity index is 862. The molecule has 1 aromatic carbocycles. The zero-order valence-corrected chi connectivity index (χ0v) is 15.6. The normalized spacial score (nSPS) is 11.7. The highest BCUT2D eigenvalue weighted by Gasteiger charge is 2.32. The van der Waals surface area contributed by atoms with Crippen LogP contribution in [0.4, 0.5) is 5.69 Å². The Morgan fingerprint density at radius 3 is 2.62 bits per heavy atom. The molecule has 1 heterocycles. The van der Waals surface area contributed by atoms with E-state index < -0.39 is 17.9 Å². The minimum atomic E-state index is -1.28. The number of halogens is 1. The third kappa shape index (κ3) is 3.91. The Kier molecular flexibility index (Phi) is 6.10. The van der Waals surface area contributed by atoms with Gasteiger partial charge in [0, 0.05) is 6.42 Å². The number of Topliss-reactive ketones (excluding diaryl/α,β-unsaturated/α-hetero) is 1. The average molecular weight is 379 g/mol. The highest BCUT2D eigenvalue weighted by molar-refractivity contribution is 6.33. The molecule has 0 saturated carbocycles. The van der Waals surface area contributed by atoms with Gasteiger partial charge in [-0.1, -0.05) is 29.8 Å². The van der Waals surface area contributed by atoms with Crippen LogP contribution in [0.15, 0.2) is 18.2 Å². The van der Waals surface area contributed by atoms with Gasteiger partial charge in [0.2, 0.25) is 0 Å². The first-order valence-electron chi connectivity index (χ1n) is 7.90. The zero-order valence-electron chi connectivity index (χ0n) is 14.9. The van der Waals surface area contributed by atoms with Gasteiger partial charge in [0.25, 0.3) is 5.91 Å². The fourth-order valence-corrected chi connectivity index (χ4v) is 2.56. The van der Waals surface area contributed by atoms with Crippen molar-refractivity contribution in [1.82, 2.24) is 15.0 Å². The van der Waals surface area contributed by atoms with E-state index in [1.807, 2.05) is 6.92 Å².